The maximum atomic E-state index is 3.63. The van der Waals surface area contributed by atoms with E-state index in [4.69, 9.17) is 0 Å². The molecule has 1 unspecified atom stereocenters. The molecule has 0 fully saturated rings. The van der Waals surface area contributed by atoms with E-state index in [0.717, 1.165) is 12.5 Å². The van der Waals surface area contributed by atoms with Gasteiger partial charge in [0.1, 0.15) is 0 Å². The van der Waals surface area contributed by atoms with Crippen LogP contribution in [0, 0.1) is 12.8 Å². The first kappa shape index (κ1) is 18.2. The minimum Gasteiger partial charge on any atom is -0.314 e. The lowest BCUT2D eigenvalue weighted by molar-refractivity contribution is 0.404. The summed E-state index contributed by atoms with van der Waals surface area (Å²) in [6.45, 7) is 10.1. The van der Waals surface area contributed by atoms with E-state index < -0.39 is 0 Å². The van der Waals surface area contributed by atoms with E-state index in [1.54, 1.807) is 0 Å². The van der Waals surface area contributed by atoms with Gasteiger partial charge < -0.3 is 5.32 Å². The Morgan fingerprint density at radius 1 is 0.952 bits per heavy atom. The van der Waals surface area contributed by atoms with E-state index in [-0.39, 0.29) is 0 Å². The van der Waals surface area contributed by atoms with Crippen LogP contribution in [0.2, 0.25) is 0 Å². The summed E-state index contributed by atoms with van der Waals surface area (Å²) >= 11 is 0. The van der Waals surface area contributed by atoms with Crippen molar-refractivity contribution in [2.75, 3.05) is 6.54 Å². The average Bonchev–Trinajstić information content (AvgIpc) is 2.46. The molecule has 1 heteroatoms. The SMILES string of the molecule is CCCCCCCC(CNC(C)C)Cc1ccc(C)cc1. The Balaban J connectivity index is 2.41. The molecule has 1 atom stereocenters. The summed E-state index contributed by atoms with van der Waals surface area (Å²) in [5.41, 5.74) is 2.85. The van der Waals surface area contributed by atoms with Crippen molar-refractivity contribution in [1.82, 2.24) is 5.32 Å². The fourth-order valence-electron chi connectivity index (χ4n) is 2.77. The maximum Gasteiger partial charge on any atom is 0.00104 e. The number of hydrogen-bond donors (Lipinski definition) is 1. The third kappa shape index (κ3) is 8.93. The van der Waals surface area contributed by atoms with Crippen LogP contribution in [0.4, 0.5) is 0 Å². The number of hydrogen-bond acceptors (Lipinski definition) is 1. The number of nitrogens with one attached hydrogen (secondary N) is 1. The Kier molecular flexibility index (Phi) is 9.41. The minimum atomic E-state index is 0.589. The van der Waals surface area contributed by atoms with Crippen molar-refractivity contribution in [2.24, 2.45) is 5.92 Å². The van der Waals surface area contributed by atoms with Gasteiger partial charge in [0.15, 0.2) is 0 Å². The van der Waals surface area contributed by atoms with Gasteiger partial charge in [0, 0.05) is 6.04 Å². The van der Waals surface area contributed by atoms with Crippen LogP contribution in [0.25, 0.3) is 0 Å². The highest BCUT2D eigenvalue weighted by Crippen LogP contribution is 2.17. The number of benzene rings is 1. The van der Waals surface area contributed by atoms with E-state index in [1.807, 2.05) is 0 Å². The molecule has 1 rings (SSSR count). The summed E-state index contributed by atoms with van der Waals surface area (Å²) in [6.07, 6.45) is 9.50. The predicted octanol–water partition coefficient (Wildman–Crippen LogP) is 5.51. The van der Waals surface area contributed by atoms with Gasteiger partial charge in [0.05, 0.1) is 0 Å². The summed E-state index contributed by atoms with van der Waals surface area (Å²) in [7, 11) is 0. The van der Waals surface area contributed by atoms with E-state index in [9.17, 15) is 0 Å². The fraction of sp³-hybridized carbons (Fsp3) is 0.700. The van der Waals surface area contributed by atoms with Gasteiger partial charge >= 0.3 is 0 Å². The highest BCUT2D eigenvalue weighted by atomic mass is 14.9. The second-order valence-corrected chi connectivity index (χ2v) is 6.82. The monoisotopic (exact) mass is 289 g/mol. The van der Waals surface area contributed by atoms with Crippen LogP contribution >= 0.6 is 0 Å². The molecule has 1 aromatic rings. The van der Waals surface area contributed by atoms with Crippen LogP contribution in [0.5, 0.6) is 0 Å². The zero-order valence-corrected chi connectivity index (χ0v) is 14.6. The van der Waals surface area contributed by atoms with Gasteiger partial charge in [-0.25, -0.2) is 0 Å². The summed E-state index contributed by atoms with van der Waals surface area (Å²) < 4.78 is 0. The minimum absolute atomic E-state index is 0.589. The topological polar surface area (TPSA) is 12.0 Å². The van der Waals surface area contributed by atoms with Crippen molar-refractivity contribution in [3.8, 4) is 0 Å². The smallest absolute Gasteiger partial charge is 0.00104 e. The van der Waals surface area contributed by atoms with Crippen molar-refractivity contribution in [3.05, 3.63) is 35.4 Å². The van der Waals surface area contributed by atoms with Crippen molar-refractivity contribution in [3.63, 3.8) is 0 Å². The Bertz CT molecular complexity index is 353. The zero-order valence-electron chi connectivity index (χ0n) is 14.6. The third-order valence-electron chi connectivity index (χ3n) is 4.18. The lowest BCUT2D eigenvalue weighted by Crippen LogP contribution is -2.30. The molecule has 0 saturated heterocycles. The molecular formula is C20H35N. The Hall–Kier alpha value is -0.820. The van der Waals surface area contributed by atoms with Crippen molar-refractivity contribution < 1.29 is 0 Å². The first-order chi connectivity index (χ1) is 10.1. The van der Waals surface area contributed by atoms with Crippen molar-refractivity contribution in [1.29, 1.82) is 0 Å². The van der Waals surface area contributed by atoms with E-state index >= 15 is 0 Å². The Labute approximate surface area is 132 Å². The van der Waals surface area contributed by atoms with E-state index in [2.05, 4.69) is 57.3 Å². The van der Waals surface area contributed by atoms with Gasteiger partial charge in [-0.1, -0.05) is 82.7 Å². The molecule has 0 radical (unpaired) electrons. The molecule has 0 heterocycles. The number of aryl methyl sites for hydroxylation is 1. The summed E-state index contributed by atoms with van der Waals surface area (Å²) in [5.74, 6) is 0.775. The quantitative estimate of drug-likeness (QED) is 0.529. The van der Waals surface area contributed by atoms with E-state index in [1.165, 1.54) is 56.1 Å². The second kappa shape index (κ2) is 10.8. The van der Waals surface area contributed by atoms with Crippen molar-refractivity contribution in [2.45, 2.75) is 78.7 Å². The molecule has 0 spiro atoms. The first-order valence-electron chi connectivity index (χ1n) is 8.90. The molecule has 1 nitrogen and oxygen atoms in total. The van der Waals surface area contributed by atoms with Crippen LogP contribution in [-0.2, 0) is 6.42 Å². The van der Waals surface area contributed by atoms with Crippen LogP contribution in [-0.4, -0.2) is 12.6 Å². The van der Waals surface area contributed by atoms with Crippen LogP contribution < -0.4 is 5.32 Å². The Morgan fingerprint density at radius 2 is 1.62 bits per heavy atom. The highest BCUT2D eigenvalue weighted by molar-refractivity contribution is 5.21. The van der Waals surface area contributed by atoms with Gasteiger partial charge in [-0.3, -0.25) is 0 Å². The summed E-state index contributed by atoms with van der Waals surface area (Å²) in [5, 5.41) is 3.63. The third-order valence-corrected chi connectivity index (χ3v) is 4.18. The molecule has 0 saturated carbocycles. The molecule has 1 N–H and O–H groups in total. The predicted molar refractivity (Wildman–Crippen MR) is 94.9 cm³/mol. The summed E-state index contributed by atoms with van der Waals surface area (Å²) in [4.78, 5) is 0. The van der Waals surface area contributed by atoms with Gasteiger partial charge in [0.25, 0.3) is 0 Å². The average molecular weight is 290 g/mol. The first-order valence-corrected chi connectivity index (χ1v) is 8.90. The Morgan fingerprint density at radius 3 is 2.24 bits per heavy atom. The van der Waals surface area contributed by atoms with E-state index in [0.29, 0.717) is 6.04 Å². The molecule has 0 aliphatic carbocycles. The molecule has 120 valence electrons. The molecule has 21 heavy (non-hydrogen) atoms. The number of rotatable bonds is 11. The van der Waals surface area contributed by atoms with Crippen LogP contribution in [0.1, 0.15) is 70.4 Å². The van der Waals surface area contributed by atoms with Gasteiger partial charge in [-0.2, -0.15) is 0 Å². The standard InChI is InChI=1S/C20H35N/c1-5-6-7-8-9-10-20(16-21-17(2)3)15-19-13-11-18(4)12-14-19/h11-14,17,20-21H,5-10,15-16H2,1-4H3. The molecule has 0 aliphatic rings. The van der Waals surface area contributed by atoms with Gasteiger partial charge in [-0.15, -0.1) is 0 Å². The molecule has 0 aromatic heterocycles. The number of unbranched alkanes of at least 4 members (excludes halogenated alkanes) is 4. The van der Waals surface area contributed by atoms with Gasteiger partial charge in [-0.05, 0) is 37.8 Å². The fourth-order valence-corrected chi connectivity index (χ4v) is 2.77. The lowest BCUT2D eigenvalue weighted by Gasteiger charge is -2.19. The molecule has 0 bridgehead atoms. The zero-order chi connectivity index (χ0) is 15.5. The van der Waals surface area contributed by atoms with Crippen LogP contribution in [0.3, 0.4) is 0 Å². The molecular weight excluding hydrogens is 254 g/mol. The molecule has 0 aliphatic heterocycles. The van der Waals surface area contributed by atoms with Gasteiger partial charge in [0.2, 0.25) is 0 Å². The summed E-state index contributed by atoms with van der Waals surface area (Å²) in [6, 6.07) is 9.67. The van der Waals surface area contributed by atoms with Crippen LogP contribution in [0.15, 0.2) is 24.3 Å². The van der Waals surface area contributed by atoms with Crippen molar-refractivity contribution >= 4 is 0 Å². The molecule has 0 amide bonds. The lowest BCUT2D eigenvalue weighted by atomic mass is 9.92. The largest absolute Gasteiger partial charge is 0.314 e. The maximum absolute atomic E-state index is 3.63. The second-order valence-electron chi connectivity index (χ2n) is 6.82. The highest BCUT2D eigenvalue weighted by Gasteiger charge is 2.10. The molecule has 1 aromatic carbocycles. The normalized spacial score (nSPS) is 12.8.